The zero-order chi connectivity index (χ0) is 8.06. The molecule has 2 nitrogen and oxygen atoms in total. The van der Waals surface area contributed by atoms with E-state index in [0.717, 1.165) is 25.2 Å². The van der Waals surface area contributed by atoms with Crippen molar-refractivity contribution in [2.24, 2.45) is 11.3 Å². The summed E-state index contributed by atoms with van der Waals surface area (Å²) in [6.07, 6.45) is 3.41. The lowest BCUT2D eigenvalue weighted by Crippen LogP contribution is -2.59. The molecule has 3 saturated carbocycles. The number of alkyl halides is 1. The molecule has 0 N–H and O–H groups in total. The van der Waals surface area contributed by atoms with Crippen molar-refractivity contribution in [2.45, 2.75) is 24.6 Å². The van der Waals surface area contributed by atoms with Crippen LogP contribution in [0.5, 0.6) is 0 Å². The number of carbonyl (C=O) groups excluding carboxylic acids is 1. The molecule has 0 aromatic heterocycles. The third-order valence-electron chi connectivity index (χ3n) is 3.03. The number of ether oxygens (including phenoxy) is 1. The van der Waals surface area contributed by atoms with Crippen molar-refractivity contribution in [3.05, 3.63) is 0 Å². The smallest absolute Gasteiger partial charge is 0.324 e. The Balaban J connectivity index is 1.98. The first-order valence-corrected chi connectivity index (χ1v) is 4.33. The van der Waals surface area contributed by atoms with E-state index in [1.807, 2.05) is 0 Å². The topological polar surface area (TPSA) is 26.3 Å². The van der Waals surface area contributed by atoms with E-state index in [0.29, 0.717) is 0 Å². The lowest BCUT2D eigenvalue weighted by Gasteiger charge is -2.63. The fourth-order valence-corrected chi connectivity index (χ4v) is 2.57. The van der Waals surface area contributed by atoms with Gasteiger partial charge in [0.05, 0.1) is 7.11 Å². The van der Waals surface area contributed by atoms with E-state index in [9.17, 15) is 4.79 Å². The van der Waals surface area contributed by atoms with Crippen molar-refractivity contribution in [3.8, 4) is 0 Å². The van der Waals surface area contributed by atoms with Crippen molar-refractivity contribution in [1.82, 2.24) is 0 Å². The summed E-state index contributed by atoms with van der Waals surface area (Å²) in [6, 6.07) is 0. The van der Waals surface area contributed by atoms with Crippen LogP contribution in [0.1, 0.15) is 19.3 Å². The summed E-state index contributed by atoms with van der Waals surface area (Å²) in [5.41, 5.74) is 0.138. The summed E-state index contributed by atoms with van der Waals surface area (Å²) < 4.78 is 4.59. The molecule has 1 atom stereocenters. The highest BCUT2D eigenvalue weighted by atomic mass is 35.5. The van der Waals surface area contributed by atoms with Gasteiger partial charge in [-0.2, -0.15) is 0 Å². The summed E-state index contributed by atoms with van der Waals surface area (Å²) in [6.45, 7) is 0. The third kappa shape index (κ3) is 0.821. The number of esters is 1. The minimum absolute atomic E-state index is 0.138. The lowest BCUT2D eigenvalue weighted by molar-refractivity contribution is -0.159. The van der Waals surface area contributed by atoms with Gasteiger partial charge < -0.3 is 4.74 Å². The molecule has 1 unspecified atom stereocenters. The fraction of sp³-hybridized carbons (Fsp3) is 0.875. The number of carbonyl (C=O) groups is 1. The summed E-state index contributed by atoms with van der Waals surface area (Å²) in [4.78, 5) is 11.0. The van der Waals surface area contributed by atoms with Crippen LogP contribution in [0.4, 0.5) is 0 Å². The molecule has 0 radical (unpaired) electrons. The van der Waals surface area contributed by atoms with Gasteiger partial charge >= 0.3 is 5.97 Å². The lowest BCUT2D eigenvalue weighted by atomic mass is 9.43. The Labute approximate surface area is 70.9 Å². The molecule has 3 rings (SSSR count). The quantitative estimate of drug-likeness (QED) is 0.469. The molecule has 3 fully saturated rings. The Morgan fingerprint density at radius 3 is 2.45 bits per heavy atom. The highest BCUT2D eigenvalue weighted by Crippen LogP contribution is 2.67. The van der Waals surface area contributed by atoms with Crippen LogP contribution in [0.3, 0.4) is 0 Å². The zero-order valence-corrected chi connectivity index (χ0v) is 7.23. The van der Waals surface area contributed by atoms with E-state index < -0.39 is 5.38 Å². The van der Waals surface area contributed by atoms with Crippen LogP contribution in [-0.4, -0.2) is 18.5 Å². The van der Waals surface area contributed by atoms with Gasteiger partial charge in [0.15, 0.2) is 0 Å². The Morgan fingerprint density at radius 1 is 1.64 bits per heavy atom. The molecule has 0 amide bonds. The van der Waals surface area contributed by atoms with E-state index in [2.05, 4.69) is 4.74 Å². The molecule has 0 saturated heterocycles. The normalized spacial score (nSPS) is 41.8. The standard InChI is InChI=1S/C8H11ClO2/c1-11-7(10)6(9)8-2-5(3-8)4-8/h5-6H,2-4H2,1H3. The van der Waals surface area contributed by atoms with Gasteiger partial charge in [-0.05, 0) is 30.6 Å². The van der Waals surface area contributed by atoms with Gasteiger partial charge in [-0.3, -0.25) is 4.79 Å². The van der Waals surface area contributed by atoms with Crippen molar-refractivity contribution in [1.29, 1.82) is 0 Å². The van der Waals surface area contributed by atoms with Crippen molar-refractivity contribution in [2.75, 3.05) is 7.11 Å². The first kappa shape index (κ1) is 7.41. The summed E-state index contributed by atoms with van der Waals surface area (Å²) in [5, 5.41) is -0.391. The SMILES string of the molecule is COC(=O)C(Cl)C12CC(C1)C2. The minimum atomic E-state index is -0.391. The van der Waals surface area contributed by atoms with Crippen molar-refractivity contribution < 1.29 is 9.53 Å². The fourth-order valence-electron chi connectivity index (χ4n) is 2.21. The van der Waals surface area contributed by atoms with Crippen LogP contribution in [0.15, 0.2) is 0 Å². The van der Waals surface area contributed by atoms with Gasteiger partial charge in [0.1, 0.15) is 5.38 Å². The summed E-state index contributed by atoms with van der Waals surface area (Å²) >= 11 is 5.94. The Bertz CT molecular complexity index is 185. The number of halogens is 1. The van der Waals surface area contributed by atoms with Gasteiger partial charge in [-0.15, -0.1) is 11.6 Å². The molecule has 11 heavy (non-hydrogen) atoms. The molecule has 3 aliphatic rings. The second-order valence-corrected chi connectivity index (χ2v) is 4.16. The first-order valence-electron chi connectivity index (χ1n) is 3.90. The Kier molecular flexibility index (Phi) is 1.43. The van der Waals surface area contributed by atoms with E-state index in [1.165, 1.54) is 7.11 Å². The second-order valence-electron chi connectivity index (χ2n) is 3.73. The van der Waals surface area contributed by atoms with Crippen molar-refractivity contribution in [3.63, 3.8) is 0 Å². The van der Waals surface area contributed by atoms with E-state index in [4.69, 9.17) is 11.6 Å². The average Bonchev–Trinajstić information content (AvgIpc) is 1.79. The van der Waals surface area contributed by atoms with Crippen LogP contribution < -0.4 is 0 Å². The van der Waals surface area contributed by atoms with Gasteiger partial charge in [0, 0.05) is 0 Å². The van der Waals surface area contributed by atoms with Gasteiger partial charge in [-0.25, -0.2) is 0 Å². The van der Waals surface area contributed by atoms with E-state index in [1.54, 1.807) is 0 Å². The third-order valence-corrected chi connectivity index (χ3v) is 3.67. The molecular formula is C8H11ClO2. The molecule has 0 aromatic rings. The molecule has 0 spiro atoms. The van der Waals surface area contributed by atoms with E-state index in [-0.39, 0.29) is 11.4 Å². The molecular weight excluding hydrogens is 164 g/mol. The first-order chi connectivity index (χ1) is 5.18. The van der Waals surface area contributed by atoms with E-state index >= 15 is 0 Å². The van der Waals surface area contributed by atoms with Gasteiger partial charge in [0.2, 0.25) is 0 Å². The molecule has 0 aromatic carbocycles. The van der Waals surface area contributed by atoms with Crippen LogP contribution in [-0.2, 0) is 9.53 Å². The average molecular weight is 175 g/mol. The van der Waals surface area contributed by atoms with Crippen molar-refractivity contribution >= 4 is 17.6 Å². The van der Waals surface area contributed by atoms with Gasteiger partial charge in [-0.1, -0.05) is 0 Å². The number of methoxy groups -OCH3 is 1. The predicted octanol–water partition coefficient (Wildman–Crippen LogP) is 1.57. The maximum Gasteiger partial charge on any atom is 0.324 e. The van der Waals surface area contributed by atoms with Gasteiger partial charge in [0.25, 0.3) is 0 Å². The highest BCUT2D eigenvalue weighted by Gasteiger charge is 2.62. The highest BCUT2D eigenvalue weighted by molar-refractivity contribution is 6.30. The predicted molar refractivity (Wildman–Crippen MR) is 41.4 cm³/mol. The van der Waals surface area contributed by atoms with Crippen LogP contribution in [0.2, 0.25) is 0 Å². The molecule has 2 bridgehead atoms. The molecule has 3 aliphatic carbocycles. The minimum Gasteiger partial charge on any atom is -0.468 e. The molecule has 0 heterocycles. The van der Waals surface area contributed by atoms with Crippen LogP contribution in [0.25, 0.3) is 0 Å². The second kappa shape index (κ2) is 2.13. The Morgan fingerprint density at radius 2 is 2.18 bits per heavy atom. The Hall–Kier alpha value is -0.240. The maximum absolute atomic E-state index is 11.0. The number of hydrogen-bond acceptors (Lipinski definition) is 2. The molecule has 0 aliphatic heterocycles. The zero-order valence-electron chi connectivity index (χ0n) is 6.47. The number of rotatable bonds is 2. The summed E-state index contributed by atoms with van der Waals surface area (Å²) in [5.74, 6) is 0.603. The molecule has 3 heteroatoms. The summed E-state index contributed by atoms with van der Waals surface area (Å²) in [7, 11) is 1.39. The molecule has 62 valence electrons. The number of hydrogen-bond donors (Lipinski definition) is 0. The van der Waals surface area contributed by atoms with Crippen LogP contribution in [0, 0.1) is 11.3 Å². The monoisotopic (exact) mass is 174 g/mol. The largest absolute Gasteiger partial charge is 0.468 e. The maximum atomic E-state index is 11.0. The van der Waals surface area contributed by atoms with Crippen LogP contribution >= 0.6 is 11.6 Å².